The molecule has 114 valence electrons. The normalized spacial score (nSPS) is 20.8. The molecule has 2 heteroatoms. The summed E-state index contributed by atoms with van der Waals surface area (Å²) in [7, 11) is 0. The molecule has 0 spiro atoms. The molecule has 0 aromatic heterocycles. The minimum Gasteiger partial charge on any atom is -0.330 e. The van der Waals surface area contributed by atoms with E-state index in [2.05, 4.69) is 11.8 Å². The van der Waals surface area contributed by atoms with Gasteiger partial charge in [0.15, 0.2) is 0 Å². The van der Waals surface area contributed by atoms with E-state index in [1.807, 2.05) is 0 Å². The quantitative estimate of drug-likeness (QED) is 0.565. The third-order valence-electron chi connectivity index (χ3n) is 4.55. The van der Waals surface area contributed by atoms with Crippen LogP contribution in [-0.2, 0) is 0 Å². The fourth-order valence-corrected chi connectivity index (χ4v) is 3.32. The number of rotatable bonds is 11. The van der Waals surface area contributed by atoms with E-state index < -0.39 is 0 Å². The summed E-state index contributed by atoms with van der Waals surface area (Å²) >= 11 is 0. The van der Waals surface area contributed by atoms with Crippen molar-refractivity contribution in [1.29, 1.82) is 0 Å². The summed E-state index contributed by atoms with van der Waals surface area (Å²) < 4.78 is 0. The molecular weight excluding hydrogens is 232 g/mol. The Bertz CT molecular complexity index is 192. The molecule has 1 atom stereocenters. The lowest BCUT2D eigenvalue weighted by Crippen LogP contribution is -2.41. The van der Waals surface area contributed by atoms with E-state index in [9.17, 15) is 0 Å². The molecular formula is C17H36N2. The van der Waals surface area contributed by atoms with Crippen molar-refractivity contribution in [3.63, 3.8) is 0 Å². The molecule has 1 rings (SSSR count). The predicted octanol–water partition coefficient (Wildman–Crippen LogP) is 4.33. The molecule has 19 heavy (non-hydrogen) atoms. The summed E-state index contributed by atoms with van der Waals surface area (Å²) in [5, 5.41) is 0. The number of hydrogen-bond donors (Lipinski definition) is 1. The van der Waals surface area contributed by atoms with Gasteiger partial charge in [-0.3, -0.25) is 0 Å². The second-order valence-electron chi connectivity index (χ2n) is 6.24. The van der Waals surface area contributed by atoms with E-state index in [0.717, 1.165) is 12.6 Å². The van der Waals surface area contributed by atoms with E-state index >= 15 is 0 Å². The van der Waals surface area contributed by atoms with Gasteiger partial charge in [0.25, 0.3) is 0 Å². The van der Waals surface area contributed by atoms with Crippen molar-refractivity contribution in [2.45, 2.75) is 90.0 Å². The Kier molecular flexibility index (Phi) is 10.5. The highest BCUT2D eigenvalue weighted by molar-refractivity contribution is 4.77. The second-order valence-corrected chi connectivity index (χ2v) is 6.24. The number of hydrogen-bond acceptors (Lipinski definition) is 2. The van der Waals surface area contributed by atoms with Crippen molar-refractivity contribution in [3.05, 3.63) is 0 Å². The summed E-state index contributed by atoms with van der Waals surface area (Å²) in [4.78, 5) is 2.72. The van der Waals surface area contributed by atoms with Crippen LogP contribution in [0.5, 0.6) is 0 Å². The molecule has 1 fully saturated rings. The average molecular weight is 268 g/mol. The van der Waals surface area contributed by atoms with E-state index in [1.165, 1.54) is 90.1 Å². The van der Waals surface area contributed by atoms with Crippen molar-refractivity contribution in [3.8, 4) is 0 Å². The number of nitrogens with two attached hydrogens (primary N) is 1. The minimum atomic E-state index is 0.795. The molecule has 2 nitrogen and oxygen atoms in total. The fourth-order valence-electron chi connectivity index (χ4n) is 3.32. The van der Waals surface area contributed by atoms with Crippen LogP contribution < -0.4 is 5.73 Å². The summed E-state index contributed by atoms with van der Waals surface area (Å²) in [5.41, 5.74) is 5.73. The lowest BCUT2D eigenvalue weighted by atomic mass is 9.98. The molecule has 0 amide bonds. The maximum Gasteiger partial charge on any atom is 0.0107 e. The van der Waals surface area contributed by atoms with Crippen molar-refractivity contribution in [2.24, 2.45) is 5.73 Å². The predicted molar refractivity (Wildman–Crippen MR) is 85.5 cm³/mol. The Balaban J connectivity index is 1.97. The first-order chi connectivity index (χ1) is 9.38. The highest BCUT2D eigenvalue weighted by Gasteiger charge is 2.20. The summed E-state index contributed by atoms with van der Waals surface area (Å²) in [6.45, 7) is 5.79. The van der Waals surface area contributed by atoms with Crippen molar-refractivity contribution < 1.29 is 0 Å². The van der Waals surface area contributed by atoms with E-state index in [0.29, 0.717) is 0 Å². The number of unbranched alkanes of at least 4 members (excludes halogenated alkanes) is 7. The van der Waals surface area contributed by atoms with Gasteiger partial charge in [-0.15, -0.1) is 0 Å². The molecule has 1 aliphatic heterocycles. The zero-order valence-corrected chi connectivity index (χ0v) is 13.2. The maximum absolute atomic E-state index is 5.73. The van der Waals surface area contributed by atoms with Crippen molar-refractivity contribution in [2.75, 3.05) is 19.6 Å². The van der Waals surface area contributed by atoms with Gasteiger partial charge in [0.05, 0.1) is 0 Å². The maximum atomic E-state index is 5.73. The first kappa shape index (κ1) is 17.0. The largest absolute Gasteiger partial charge is 0.330 e. The first-order valence-corrected chi connectivity index (χ1v) is 8.82. The molecule has 1 saturated heterocycles. The lowest BCUT2D eigenvalue weighted by Gasteiger charge is -2.35. The zero-order chi connectivity index (χ0) is 13.8. The zero-order valence-electron chi connectivity index (χ0n) is 13.2. The van der Waals surface area contributed by atoms with Gasteiger partial charge >= 0.3 is 0 Å². The third-order valence-corrected chi connectivity index (χ3v) is 4.55. The Hall–Kier alpha value is -0.0800. The van der Waals surface area contributed by atoms with E-state index in [4.69, 9.17) is 5.73 Å². The third kappa shape index (κ3) is 7.94. The molecule has 1 heterocycles. The molecule has 0 aromatic carbocycles. The summed E-state index contributed by atoms with van der Waals surface area (Å²) in [6.07, 6.45) is 16.8. The number of piperidine rings is 1. The van der Waals surface area contributed by atoms with Gasteiger partial charge in [-0.05, 0) is 45.3 Å². The SMILES string of the molecule is CCCCCCCCCCN1CCCCC1CCN. The molecule has 0 saturated carbocycles. The van der Waals surface area contributed by atoms with Crippen LogP contribution in [0.3, 0.4) is 0 Å². The lowest BCUT2D eigenvalue weighted by molar-refractivity contribution is 0.139. The van der Waals surface area contributed by atoms with Gasteiger partial charge in [-0.1, -0.05) is 58.3 Å². The second kappa shape index (κ2) is 11.7. The molecule has 0 bridgehead atoms. The molecule has 1 unspecified atom stereocenters. The van der Waals surface area contributed by atoms with Crippen LogP contribution in [0.25, 0.3) is 0 Å². The van der Waals surface area contributed by atoms with Crippen LogP contribution in [0.15, 0.2) is 0 Å². The molecule has 0 aliphatic carbocycles. The van der Waals surface area contributed by atoms with Gasteiger partial charge in [0, 0.05) is 6.04 Å². The van der Waals surface area contributed by atoms with Crippen molar-refractivity contribution in [1.82, 2.24) is 4.90 Å². The first-order valence-electron chi connectivity index (χ1n) is 8.82. The monoisotopic (exact) mass is 268 g/mol. The Morgan fingerprint density at radius 3 is 2.32 bits per heavy atom. The van der Waals surface area contributed by atoms with Crippen LogP contribution in [0.2, 0.25) is 0 Å². The Labute approximate surface area is 121 Å². The van der Waals surface area contributed by atoms with E-state index in [-0.39, 0.29) is 0 Å². The van der Waals surface area contributed by atoms with Crippen molar-refractivity contribution >= 4 is 0 Å². The summed E-state index contributed by atoms with van der Waals surface area (Å²) in [5.74, 6) is 0. The smallest absolute Gasteiger partial charge is 0.0107 e. The highest BCUT2D eigenvalue weighted by atomic mass is 15.2. The van der Waals surface area contributed by atoms with Crippen LogP contribution in [0, 0.1) is 0 Å². The Morgan fingerprint density at radius 1 is 0.947 bits per heavy atom. The standard InChI is InChI=1S/C17H36N2/c1-2-3-4-5-6-7-8-10-15-19-16-11-9-12-17(19)13-14-18/h17H,2-16,18H2,1H3. The van der Waals surface area contributed by atoms with Crippen LogP contribution in [0.1, 0.15) is 84.0 Å². The molecule has 0 aromatic rings. The van der Waals surface area contributed by atoms with Gasteiger partial charge in [0.2, 0.25) is 0 Å². The van der Waals surface area contributed by atoms with Crippen LogP contribution in [0.4, 0.5) is 0 Å². The van der Waals surface area contributed by atoms with Gasteiger partial charge < -0.3 is 10.6 Å². The highest BCUT2D eigenvalue weighted by Crippen LogP contribution is 2.20. The average Bonchev–Trinajstić information content (AvgIpc) is 2.44. The number of likely N-dealkylation sites (tertiary alicyclic amines) is 1. The van der Waals surface area contributed by atoms with Gasteiger partial charge in [-0.2, -0.15) is 0 Å². The topological polar surface area (TPSA) is 29.3 Å². The summed E-state index contributed by atoms with van der Waals surface area (Å²) in [6, 6.07) is 0.795. The molecule has 1 aliphatic rings. The Morgan fingerprint density at radius 2 is 1.63 bits per heavy atom. The minimum absolute atomic E-state index is 0.795. The number of nitrogens with zero attached hydrogens (tertiary/aromatic N) is 1. The van der Waals surface area contributed by atoms with Crippen LogP contribution >= 0.6 is 0 Å². The molecule has 0 radical (unpaired) electrons. The van der Waals surface area contributed by atoms with E-state index in [1.54, 1.807) is 0 Å². The van der Waals surface area contributed by atoms with Gasteiger partial charge in [-0.25, -0.2) is 0 Å². The van der Waals surface area contributed by atoms with Gasteiger partial charge in [0.1, 0.15) is 0 Å². The fraction of sp³-hybridized carbons (Fsp3) is 1.00. The van der Waals surface area contributed by atoms with Crippen LogP contribution in [-0.4, -0.2) is 30.6 Å². The molecule has 2 N–H and O–H groups in total.